The number of nitrogens with zero attached hydrogens (tertiary/aromatic N) is 3. The molecule has 1 saturated carbocycles. The minimum absolute atomic E-state index is 0.0877. The van der Waals surface area contributed by atoms with Crippen molar-refractivity contribution in [3.8, 4) is 33.6 Å². The fourth-order valence-electron chi connectivity index (χ4n) is 8.69. The summed E-state index contributed by atoms with van der Waals surface area (Å²) in [5.74, 6) is 1.90. The molecule has 4 aliphatic rings. The van der Waals surface area contributed by atoms with Gasteiger partial charge in [0.2, 0.25) is 0 Å². The second-order valence-electron chi connectivity index (χ2n) is 14.9. The zero-order valence-electron chi connectivity index (χ0n) is 27.4. The molecule has 4 aromatic rings. The molecule has 2 saturated heterocycles. The molecule has 3 fully saturated rings. The maximum atomic E-state index is 13.0. The highest BCUT2D eigenvalue weighted by molar-refractivity contribution is 5.80. The summed E-state index contributed by atoms with van der Waals surface area (Å²) in [5, 5.41) is 3.54. The molecule has 1 spiro atoms. The molecule has 8 rings (SSSR count). The van der Waals surface area contributed by atoms with Gasteiger partial charge >= 0.3 is 6.09 Å². The molecule has 0 bridgehead atoms. The molecule has 2 aromatic carbocycles. The number of benzene rings is 2. The average Bonchev–Trinajstić information content (AvgIpc) is 3.88. The van der Waals surface area contributed by atoms with Crippen molar-refractivity contribution in [1.29, 1.82) is 0 Å². The molecule has 240 valence electrons. The predicted molar refractivity (Wildman–Crippen MR) is 180 cm³/mol. The molecule has 2 aliphatic heterocycles. The van der Waals surface area contributed by atoms with E-state index in [1.165, 1.54) is 71.9 Å². The minimum Gasteiger partial charge on any atom is -0.444 e. The fourth-order valence-corrected chi connectivity index (χ4v) is 8.69. The van der Waals surface area contributed by atoms with E-state index in [9.17, 15) is 4.79 Å². The second-order valence-corrected chi connectivity index (χ2v) is 14.9. The molecule has 8 nitrogen and oxygen atoms in total. The fraction of sp³-hybridized carbons (Fsp3) is 0.500. The lowest BCUT2D eigenvalue weighted by atomic mass is 9.77. The van der Waals surface area contributed by atoms with E-state index in [0.717, 1.165) is 55.3 Å². The molecule has 0 radical (unpaired) electrons. The van der Waals surface area contributed by atoms with Crippen LogP contribution in [0.25, 0.3) is 33.6 Å². The van der Waals surface area contributed by atoms with Crippen molar-refractivity contribution in [2.24, 2.45) is 0 Å². The number of carbonyl (C=O) groups is 1. The quantitative estimate of drug-likeness (QED) is 0.209. The number of imidazole rings is 2. The van der Waals surface area contributed by atoms with E-state index in [0.29, 0.717) is 12.6 Å². The number of H-pyrrole nitrogens is 2. The van der Waals surface area contributed by atoms with Crippen molar-refractivity contribution in [2.45, 2.75) is 108 Å². The van der Waals surface area contributed by atoms with Crippen LogP contribution in [0.2, 0.25) is 0 Å². The number of ether oxygens (including phenoxy) is 1. The molecule has 2 atom stereocenters. The Bertz CT molecular complexity index is 1730. The Labute approximate surface area is 271 Å². The van der Waals surface area contributed by atoms with Crippen LogP contribution in [-0.4, -0.2) is 49.6 Å². The first-order chi connectivity index (χ1) is 22.3. The third-order valence-electron chi connectivity index (χ3n) is 10.8. The summed E-state index contributed by atoms with van der Waals surface area (Å²) in [6.45, 7) is 7.52. The van der Waals surface area contributed by atoms with E-state index >= 15 is 0 Å². The van der Waals surface area contributed by atoms with Crippen molar-refractivity contribution >= 4 is 6.09 Å². The normalized spacial score (nSPS) is 22.2. The number of fused-ring (bicyclic) bond motifs is 2. The lowest BCUT2D eigenvalue weighted by Gasteiger charge is -2.28. The summed E-state index contributed by atoms with van der Waals surface area (Å²) in [4.78, 5) is 31.7. The number of rotatable bonds is 5. The van der Waals surface area contributed by atoms with Crippen LogP contribution in [0.1, 0.15) is 113 Å². The maximum Gasteiger partial charge on any atom is 0.410 e. The Morgan fingerprint density at radius 3 is 2.33 bits per heavy atom. The number of amides is 1. The van der Waals surface area contributed by atoms with Crippen LogP contribution in [0.3, 0.4) is 0 Å². The zero-order chi connectivity index (χ0) is 31.5. The number of aromatic nitrogens is 4. The van der Waals surface area contributed by atoms with Crippen LogP contribution in [-0.2, 0) is 16.6 Å². The Morgan fingerprint density at radius 1 is 0.848 bits per heavy atom. The van der Waals surface area contributed by atoms with Crippen molar-refractivity contribution in [1.82, 2.24) is 30.2 Å². The third kappa shape index (κ3) is 5.24. The highest BCUT2D eigenvalue weighted by atomic mass is 16.6. The molecule has 2 aromatic heterocycles. The van der Waals surface area contributed by atoms with E-state index in [1.807, 2.05) is 38.1 Å². The van der Waals surface area contributed by atoms with Gasteiger partial charge in [0.1, 0.15) is 17.2 Å². The molecule has 4 heterocycles. The summed E-state index contributed by atoms with van der Waals surface area (Å²) in [5.41, 5.74) is 9.93. The average molecular weight is 619 g/mol. The van der Waals surface area contributed by atoms with Crippen LogP contribution in [0.15, 0.2) is 48.8 Å². The Kier molecular flexibility index (Phi) is 7.31. The van der Waals surface area contributed by atoms with Crippen molar-refractivity contribution in [2.75, 3.05) is 13.1 Å². The van der Waals surface area contributed by atoms with E-state index < -0.39 is 5.60 Å². The highest BCUT2D eigenvalue weighted by Crippen LogP contribution is 2.55. The summed E-state index contributed by atoms with van der Waals surface area (Å²) in [6, 6.07) is 13.9. The van der Waals surface area contributed by atoms with Gasteiger partial charge in [0.05, 0.1) is 35.9 Å². The van der Waals surface area contributed by atoms with Crippen LogP contribution in [0, 0.1) is 0 Å². The van der Waals surface area contributed by atoms with Crippen molar-refractivity contribution in [3.05, 3.63) is 71.6 Å². The monoisotopic (exact) mass is 618 g/mol. The first-order valence-corrected chi connectivity index (χ1v) is 17.4. The van der Waals surface area contributed by atoms with E-state index in [2.05, 4.69) is 56.7 Å². The van der Waals surface area contributed by atoms with E-state index in [4.69, 9.17) is 9.72 Å². The number of carbonyl (C=O) groups excluding carboxylic acids is 1. The number of likely N-dealkylation sites (tertiary alicyclic amines) is 1. The number of hydrogen-bond donors (Lipinski definition) is 3. The van der Waals surface area contributed by atoms with Gasteiger partial charge in [0.15, 0.2) is 0 Å². The number of hydrogen-bond acceptors (Lipinski definition) is 5. The minimum atomic E-state index is -0.522. The van der Waals surface area contributed by atoms with Crippen LogP contribution in [0.4, 0.5) is 4.79 Å². The third-order valence-corrected chi connectivity index (χ3v) is 10.8. The predicted octanol–water partition coefficient (Wildman–Crippen LogP) is 8.39. The van der Waals surface area contributed by atoms with Gasteiger partial charge in [0, 0.05) is 12.1 Å². The number of aromatic amines is 2. The summed E-state index contributed by atoms with van der Waals surface area (Å²) in [6.07, 6.45) is 15.3. The summed E-state index contributed by atoms with van der Waals surface area (Å²) < 4.78 is 5.74. The number of nitrogens with one attached hydrogen (secondary N) is 3. The van der Waals surface area contributed by atoms with Gasteiger partial charge in [-0.05, 0) is 112 Å². The van der Waals surface area contributed by atoms with Crippen LogP contribution >= 0.6 is 0 Å². The molecule has 46 heavy (non-hydrogen) atoms. The first kappa shape index (κ1) is 29.5. The smallest absolute Gasteiger partial charge is 0.410 e. The first-order valence-electron chi connectivity index (χ1n) is 17.4. The van der Waals surface area contributed by atoms with Gasteiger partial charge in [-0.3, -0.25) is 4.90 Å². The van der Waals surface area contributed by atoms with Crippen molar-refractivity contribution < 1.29 is 9.53 Å². The molecule has 1 amide bonds. The molecule has 0 unspecified atom stereocenters. The maximum absolute atomic E-state index is 13.0. The van der Waals surface area contributed by atoms with Gasteiger partial charge in [-0.2, -0.15) is 0 Å². The Morgan fingerprint density at radius 2 is 1.57 bits per heavy atom. The lowest BCUT2D eigenvalue weighted by molar-refractivity contribution is 0.0218. The lowest BCUT2D eigenvalue weighted by Crippen LogP contribution is -2.36. The van der Waals surface area contributed by atoms with Crippen LogP contribution in [0.5, 0.6) is 0 Å². The molecule has 2 aliphatic carbocycles. The van der Waals surface area contributed by atoms with E-state index in [-0.39, 0.29) is 17.6 Å². The zero-order valence-corrected chi connectivity index (χ0v) is 27.4. The van der Waals surface area contributed by atoms with Gasteiger partial charge in [-0.15, -0.1) is 0 Å². The van der Waals surface area contributed by atoms with Gasteiger partial charge in [-0.1, -0.05) is 49.2 Å². The van der Waals surface area contributed by atoms with Gasteiger partial charge in [-0.25, -0.2) is 14.8 Å². The van der Waals surface area contributed by atoms with Crippen LogP contribution < -0.4 is 5.32 Å². The summed E-state index contributed by atoms with van der Waals surface area (Å²) >= 11 is 0. The SMILES string of the molecule is CC(C)(C)OC(=O)N1CCC[C@H]1c1ncc(-c2ccc(-c3ccc(-c4cnc([C@@H]5CCCN5)[nH]4)cc3)c3c2C2(CCCC2)CC3)[nH]1. The van der Waals surface area contributed by atoms with Gasteiger partial charge in [0.25, 0.3) is 0 Å². The molecular formula is C38H46N6O2. The molecular weight excluding hydrogens is 572 g/mol. The van der Waals surface area contributed by atoms with Gasteiger partial charge < -0.3 is 20.0 Å². The molecule has 3 N–H and O–H groups in total. The topological polar surface area (TPSA) is 98.9 Å². The largest absolute Gasteiger partial charge is 0.444 e. The standard InChI is InChI=1S/C38H46N6O2/c1-37(2,3)46-36(45)44-21-7-9-32(44)35-41-23-31(43-35)28-15-14-26(27-16-19-38(33(27)28)17-4-5-18-38)24-10-12-25(13-11-24)30-22-40-34(42-30)29-8-6-20-39-29/h10-15,22-23,29,32,39H,4-9,16-21H2,1-3H3,(H,40,42)(H,41,43)/t29-,32-/m0/s1. The van der Waals surface area contributed by atoms with E-state index in [1.54, 1.807) is 0 Å². The summed E-state index contributed by atoms with van der Waals surface area (Å²) in [7, 11) is 0. The Hall–Kier alpha value is -3.91. The second kappa shape index (κ2) is 11.4. The molecule has 8 heteroatoms. The van der Waals surface area contributed by atoms with Crippen molar-refractivity contribution in [3.63, 3.8) is 0 Å². The highest BCUT2D eigenvalue weighted by Gasteiger charge is 2.44. The Balaban J connectivity index is 1.11.